The van der Waals surface area contributed by atoms with Crippen LogP contribution in [0.1, 0.15) is 23.3 Å². The Morgan fingerprint density at radius 3 is 2.79 bits per heavy atom. The Bertz CT molecular complexity index is 1240. The Morgan fingerprint density at radius 1 is 1.18 bits per heavy atom. The lowest BCUT2D eigenvalue weighted by Gasteiger charge is -2.26. The van der Waals surface area contributed by atoms with E-state index in [0.717, 1.165) is 10.4 Å². The van der Waals surface area contributed by atoms with Crippen LogP contribution < -0.4 is 25.7 Å². The molecular formula is C23H26N4O5S. The normalized spacial score (nSPS) is 14.8. The number of nitrogens with one attached hydrogen (secondary N) is 2. The van der Waals surface area contributed by atoms with Gasteiger partial charge in [-0.2, -0.15) is 0 Å². The van der Waals surface area contributed by atoms with E-state index in [0.29, 0.717) is 47.8 Å². The van der Waals surface area contributed by atoms with Crippen LogP contribution in [-0.2, 0) is 16.1 Å². The van der Waals surface area contributed by atoms with E-state index in [1.54, 1.807) is 0 Å². The molecule has 2 aromatic heterocycles. The van der Waals surface area contributed by atoms with Gasteiger partial charge in [0.1, 0.15) is 24.1 Å². The number of ether oxygens (including phenoxy) is 2. The van der Waals surface area contributed by atoms with Gasteiger partial charge in [-0.15, -0.1) is 11.3 Å². The maximum Gasteiger partial charge on any atom is 0.262 e. The summed E-state index contributed by atoms with van der Waals surface area (Å²) < 4.78 is 12.8. The minimum absolute atomic E-state index is 0.108. The van der Waals surface area contributed by atoms with Gasteiger partial charge < -0.3 is 20.1 Å². The lowest BCUT2D eigenvalue weighted by Crippen LogP contribution is -2.40. The molecule has 1 aliphatic rings. The number of nitrogens with zero attached hydrogens (tertiary/aromatic N) is 2. The number of aryl methyl sites for hydroxylation is 2. The number of hydrogen-bond donors (Lipinski definition) is 2. The second-order valence-corrected chi connectivity index (χ2v) is 9.10. The monoisotopic (exact) mass is 470 g/mol. The number of rotatable bonds is 8. The largest absolute Gasteiger partial charge is 0.486 e. The van der Waals surface area contributed by atoms with E-state index in [-0.39, 0.29) is 36.4 Å². The first-order valence-electron chi connectivity index (χ1n) is 10.8. The number of carbonyl (C=O) groups excluding carboxylic acids is 2. The lowest BCUT2D eigenvalue weighted by atomic mass is 10.2. The summed E-state index contributed by atoms with van der Waals surface area (Å²) in [5.74, 6) is 0.952. The van der Waals surface area contributed by atoms with Crippen LogP contribution in [0.5, 0.6) is 11.5 Å². The first-order chi connectivity index (χ1) is 15.9. The SMILES string of the molecule is Cc1sc2ncn(CC(=O)NCCCC(=O)NCC3COc4ccccc4O3)c(=O)c2c1C. The smallest absolute Gasteiger partial charge is 0.262 e. The minimum Gasteiger partial charge on any atom is -0.486 e. The Morgan fingerprint density at radius 2 is 1.97 bits per heavy atom. The summed E-state index contributed by atoms with van der Waals surface area (Å²) in [5, 5.41) is 6.15. The number of carbonyl (C=O) groups is 2. The molecule has 9 nitrogen and oxygen atoms in total. The fourth-order valence-electron chi connectivity index (χ4n) is 3.55. The van der Waals surface area contributed by atoms with Gasteiger partial charge in [0, 0.05) is 17.8 Å². The van der Waals surface area contributed by atoms with Gasteiger partial charge in [0.25, 0.3) is 5.56 Å². The first-order valence-corrected chi connectivity index (χ1v) is 11.6. The number of hydrogen-bond acceptors (Lipinski definition) is 7. The number of fused-ring (bicyclic) bond motifs is 2. The molecule has 33 heavy (non-hydrogen) atoms. The van der Waals surface area contributed by atoms with Crippen molar-refractivity contribution in [1.82, 2.24) is 20.2 Å². The average molecular weight is 471 g/mol. The molecule has 3 aromatic rings. The summed E-state index contributed by atoms with van der Waals surface area (Å²) in [5.41, 5.74) is 0.690. The zero-order valence-corrected chi connectivity index (χ0v) is 19.4. The van der Waals surface area contributed by atoms with E-state index >= 15 is 0 Å². The van der Waals surface area contributed by atoms with E-state index in [1.165, 1.54) is 22.2 Å². The van der Waals surface area contributed by atoms with Gasteiger partial charge in [0.15, 0.2) is 11.5 Å². The fraction of sp³-hybridized carbons (Fsp3) is 0.391. The highest BCUT2D eigenvalue weighted by Crippen LogP contribution is 2.30. The average Bonchev–Trinajstić information content (AvgIpc) is 3.11. The van der Waals surface area contributed by atoms with Crippen molar-refractivity contribution in [3.8, 4) is 11.5 Å². The highest BCUT2D eigenvalue weighted by molar-refractivity contribution is 7.18. The molecule has 0 radical (unpaired) electrons. The van der Waals surface area contributed by atoms with Gasteiger partial charge in [-0.3, -0.25) is 19.0 Å². The highest BCUT2D eigenvalue weighted by Gasteiger charge is 2.21. The molecule has 1 aromatic carbocycles. The third-order valence-corrected chi connectivity index (χ3v) is 6.58. The number of para-hydroxylation sites is 2. The van der Waals surface area contributed by atoms with E-state index in [2.05, 4.69) is 15.6 Å². The van der Waals surface area contributed by atoms with E-state index in [4.69, 9.17) is 9.47 Å². The van der Waals surface area contributed by atoms with Crippen molar-refractivity contribution >= 4 is 33.4 Å². The maximum absolute atomic E-state index is 12.7. The molecule has 0 spiro atoms. The molecule has 1 aliphatic heterocycles. The molecule has 2 N–H and O–H groups in total. The maximum atomic E-state index is 12.7. The molecule has 174 valence electrons. The second-order valence-electron chi connectivity index (χ2n) is 7.90. The van der Waals surface area contributed by atoms with Crippen LogP contribution in [0.2, 0.25) is 0 Å². The molecular weight excluding hydrogens is 444 g/mol. The van der Waals surface area contributed by atoms with Crippen molar-refractivity contribution in [3.05, 3.63) is 51.4 Å². The molecule has 1 unspecified atom stereocenters. The molecule has 1 atom stereocenters. The summed E-state index contributed by atoms with van der Waals surface area (Å²) in [6.07, 6.45) is 1.91. The predicted molar refractivity (Wildman–Crippen MR) is 125 cm³/mol. The van der Waals surface area contributed by atoms with Crippen LogP contribution in [0.4, 0.5) is 0 Å². The van der Waals surface area contributed by atoms with Gasteiger partial charge in [-0.25, -0.2) is 4.98 Å². The topological polar surface area (TPSA) is 112 Å². The Hall–Kier alpha value is -3.40. The van der Waals surface area contributed by atoms with Gasteiger partial charge >= 0.3 is 0 Å². The van der Waals surface area contributed by atoms with Crippen LogP contribution in [0.25, 0.3) is 10.2 Å². The Kier molecular flexibility index (Phi) is 6.93. The summed E-state index contributed by atoms with van der Waals surface area (Å²) in [7, 11) is 0. The first kappa shape index (κ1) is 22.8. The predicted octanol–water partition coefficient (Wildman–Crippen LogP) is 1.93. The third-order valence-electron chi connectivity index (χ3n) is 5.47. The number of aromatic nitrogens is 2. The van der Waals surface area contributed by atoms with Crippen molar-refractivity contribution in [3.63, 3.8) is 0 Å². The van der Waals surface area contributed by atoms with Crippen molar-refractivity contribution in [2.24, 2.45) is 0 Å². The molecule has 4 rings (SSSR count). The molecule has 0 saturated heterocycles. The van der Waals surface area contributed by atoms with E-state index in [1.807, 2.05) is 38.1 Å². The van der Waals surface area contributed by atoms with Crippen molar-refractivity contribution in [2.45, 2.75) is 39.3 Å². The molecule has 2 amide bonds. The molecule has 0 fully saturated rings. The number of thiophene rings is 1. The van der Waals surface area contributed by atoms with Gasteiger partial charge in [-0.05, 0) is 38.0 Å². The van der Waals surface area contributed by atoms with Crippen LogP contribution in [0.15, 0.2) is 35.4 Å². The number of benzene rings is 1. The summed E-state index contributed by atoms with van der Waals surface area (Å²) in [6.45, 7) is 4.78. The summed E-state index contributed by atoms with van der Waals surface area (Å²) in [6, 6.07) is 7.42. The summed E-state index contributed by atoms with van der Waals surface area (Å²) >= 11 is 1.47. The van der Waals surface area contributed by atoms with Crippen LogP contribution in [0, 0.1) is 13.8 Å². The van der Waals surface area contributed by atoms with Crippen LogP contribution in [-0.4, -0.2) is 47.2 Å². The zero-order valence-electron chi connectivity index (χ0n) is 18.6. The summed E-state index contributed by atoms with van der Waals surface area (Å²) in [4.78, 5) is 43.0. The second kappa shape index (κ2) is 10.0. The van der Waals surface area contributed by atoms with E-state index in [9.17, 15) is 14.4 Å². The Labute approximate surface area is 194 Å². The van der Waals surface area contributed by atoms with Crippen LogP contribution in [0.3, 0.4) is 0 Å². The minimum atomic E-state index is -0.297. The van der Waals surface area contributed by atoms with Gasteiger partial charge in [-0.1, -0.05) is 12.1 Å². The zero-order chi connectivity index (χ0) is 23.4. The van der Waals surface area contributed by atoms with E-state index < -0.39 is 0 Å². The molecule has 10 heteroatoms. The van der Waals surface area contributed by atoms with Crippen molar-refractivity contribution in [2.75, 3.05) is 19.7 Å². The van der Waals surface area contributed by atoms with Crippen molar-refractivity contribution in [1.29, 1.82) is 0 Å². The van der Waals surface area contributed by atoms with Gasteiger partial charge in [0.05, 0.1) is 18.3 Å². The lowest BCUT2D eigenvalue weighted by molar-refractivity contribution is -0.123. The highest BCUT2D eigenvalue weighted by atomic mass is 32.1. The fourth-order valence-corrected chi connectivity index (χ4v) is 4.54. The molecule has 0 bridgehead atoms. The molecule has 3 heterocycles. The Balaban J connectivity index is 1.17. The standard InChI is InChI=1S/C23H26N4O5S/c1-14-15(2)33-22-21(14)23(30)27(13-26-22)11-20(29)24-9-5-8-19(28)25-10-16-12-31-17-6-3-4-7-18(17)32-16/h3-4,6-7,13,16H,5,8-12H2,1-2H3,(H,24,29)(H,25,28). The van der Waals surface area contributed by atoms with Crippen molar-refractivity contribution < 1.29 is 19.1 Å². The third kappa shape index (κ3) is 5.33. The van der Waals surface area contributed by atoms with Crippen LogP contribution >= 0.6 is 11.3 Å². The quantitative estimate of drug-likeness (QED) is 0.487. The number of amides is 2. The van der Waals surface area contributed by atoms with Gasteiger partial charge in [0.2, 0.25) is 11.8 Å². The molecule has 0 saturated carbocycles. The molecule has 0 aliphatic carbocycles.